The van der Waals surface area contributed by atoms with E-state index in [1.165, 1.54) is 12.1 Å². The molecule has 0 saturated carbocycles. The lowest BCUT2D eigenvalue weighted by atomic mass is 10.0. The Hall–Kier alpha value is -3.75. The second kappa shape index (κ2) is 12.0. The fourth-order valence-corrected chi connectivity index (χ4v) is 5.37. The van der Waals surface area contributed by atoms with Crippen molar-refractivity contribution in [2.24, 2.45) is 5.92 Å². The van der Waals surface area contributed by atoms with Crippen molar-refractivity contribution in [1.82, 2.24) is 9.80 Å². The lowest BCUT2D eigenvalue weighted by Gasteiger charge is -2.36. The summed E-state index contributed by atoms with van der Waals surface area (Å²) in [4.78, 5) is 32.0. The number of piperazine rings is 1. The first kappa shape index (κ1) is 26.8. The number of rotatable bonds is 7. The van der Waals surface area contributed by atoms with E-state index in [0.29, 0.717) is 44.8 Å². The molecule has 204 valence electrons. The van der Waals surface area contributed by atoms with E-state index in [-0.39, 0.29) is 28.5 Å². The number of benzene rings is 3. The summed E-state index contributed by atoms with van der Waals surface area (Å²) in [6.45, 7) is 4.49. The number of methoxy groups -OCH3 is 1. The number of amides is 2. The molecule has 0 radical (unpaired) electrons. The molecule has 0 bridgehead atoms. The van der Waals surface area contributed by atoms with Crippen LogP contribution in [0.4, 0.5) is 11.4 Å². The summed E-state index contributed by atoms with van der Waals surface area (Å²) in [5, 5.41) is 12.6. The number of nitrogens with one attached hydrogen (secondary N) is 1. The Morgan fingerprint density at radius 3 is 2.46 bits per heavy atom. The average Bonchev–Trinajstić information content (AvgIpc) is 3.44. The second-order valence-corrected chi connectivity index (χ2v) is 10.4. The zero-order valence-corrected chi connectivity index (χ0v) is 22.7. The number of carbonyl (C=O) groups is 2. The lowest BCUT2D eigenvalue weighted by Crippen LogP contribution is -2.51. The molecule has 1 atom stereocenters. The van der Waals surface area contributed by atoms with Crippen molar-refractivity contribution in [3.63, 3.8) is 0 Å². The Bertz CT molecular complexity index is 1320. The van der Waals surface area contributed by atoms with Gasteiger partial charge < -0.3 is 25.0 Å². The maximum atomic E-state index is 13.0. The molecule has 39 heavy (non-hydrogen) atoms. The van der Waals surface area contributed by atoms with Crippen molar-refractivity contribution in [3.8, 4) is 22.6 Å². The summed E-state index contributed by atoms with van der Waals surface area (Å²) in [6.07, 6.45) is 0.699. The third kappa shape index (κ3) is 6.46. The number of carbonyl (C=O) groups excluding carboxylic acids is 2. The molecule has 0 aromatic heterocycles. The maximum Gasteiger partial charge on any atom is 0.236 e. The van der Waals surface area contributed by atoms with Crippen LogP contribution in [0.3, 0.4) is 0 Å². The summed E-state index contributed by atoms with van der Waals surface area (Å²) in [5.74, 6) is 0.627. The standard InChI is InChI=1S/C30H33ClN4O4/c1-39-26-4-2-3-22(17-26)21-5-8-25(9-6-21)34-13-15-35(16-14-34)29(37)20-33-12-11-23(19-33)30(38)32-24-7-10-28(36)27(31)18-24/h2-10,17-18,23,36H,11-16,19-20H2,1H3,(H,32,38)/t23-/m1/s1. The number of nitrogens with zero attached hydrogens (tertiary/aromatic N) is 3. The summed E-state index contributed by atoms with van der Waals surface area (Å²) < 4.78 is 5.34. The van der Waals surface area contributed by atoms with Gasteiger partial charge >= 0.3 is 0 Å². The Morgan fingerprint density at radius 1 is 0.974 bits per heavy atom. The molecule has 9 heteroatoms. The van der Waals surface area contributed by atoms with Crippen molar-refractivity contribution in [2.45, 2.75) is 6.42 Å². The minimum absolute atomic E-state index is 0.0246. The first-order valence-electron chi connectivity index (χ1n) is 13.2. The van der Waals surface area contributed by atoms with Gasteiger partial charge in [0, 0.05) is 44.1 Å². The first-order valence-corrected chi connectivity index (χ1v) is 13.6. The Kier molecular flexibility index (Phi) is 8.24. The maximum absolute atomic E-state index is 13.0. The van der Waals surface area contributed by atoms with Gasteiger partial charge in [-0.25, -0.2) is 0 Å². The van der Waals surface area contributed by atoms with Crippen LogP contribution >= 0.6 is 11.6 Å². The number of phenolic OH excluding ortho intramolecular Hbond substituents is 1. The second-order valence-electron chi connectivity index (χ2n) is 10.0. The van der Waals surface area contributed by atoms with E-state index in [2.05, 4.69) is 45.4 Å². The summed E-state index contributed by atoms with van der Waals surface area (Å²) in [6, 6.07) is 21.1. The molecule has 2 heterocycles. The van der Waals surface area contributed by atoms with Gasteiger partial charge in [-0.3, -0.25) is 14.5 Å². The molecule has 8 nitrogen and oxygen atoms in total. The van der Waals surface area contributed by atoms with Crippen LogP contribution in [-0.2, 0) is 9.59 Å². The van der Waals surface area contributed by atoms with Crippen LogP contribution in [0.25, 0.3) is 11.1 Å². The minimum Gasteiger partial charge on any atom is -0.506 e. The number of hydrogen-bond acceptors (Lipinski definition) is 6. The molecule has 3 aromatic rings. The molecule has 5 rings (SSSR count). The minimum atomic E-state index is -0.192. The average molecular weight is 549 g/mol. The van der Waals surface area contributed by atoms with Gasteiger partial charge in [0.1, 0.15) is 11.5 Å². The lowest BCUT2D eigenvalue weighted by molar-refractivity contribution is -0.132. The van der Waals surface area contributed by atoms with Crippen LogP contribution < -0.4 is 15.0 Å². The molecule has 0 unspecified atom stereocenters. The largest absolute Gasteiger partial charge is 0.506 e. The quantitative estimate of drug-likeness (QED) is 0.428. The number of hydrogen-bond donors (Lipinski definition) is 2. The van der Waals surface area contributed by atoms with Gasteiger partial charge in [0.25, 0.3) is 0 Å². The summed E-state index contributed by atoms with van der Waals surface area (Å²) in [5.41, 5.74) is 3.95. The topological polar surface area (TPSA) is 85.4 Å². The van der Waals surface area contributed by atoms with Crippen LogP contribution in [0.5, 0.6) is 11.5 Å². The number of halogens is 1. The normalized spacial score (nSPS) is 17.7. The summed E-state index contributed by atoms with van der Waals surface area (Å²) >= 11 is 5.94. The van der Waals surface area contributed by atoms with E-state index >= 15 is 0 Å². The van der Waals surface area contributed by atoms with E-state index in [9.17, 15) is 14.7 Å². The molecule has 3 aromatic carbocycles. The molecule has 0 aliphatic carbocycles. The Morgan fingerprint density at radius 2 is 1.74 bits per heavy atom. The first-order chi connectivity index (χ1) is 18.9. The zero-order valence-electron chi connectivity index (χ0n) is 22.0. The van der Waals surface area contributed by atoms with Gasteiger partial charge in [-0.05, 0) is 66.6 Å². The van der Waals surface area contributed by atoms with E-state index in [1.54, 1.807) is 13.2 Å². The predicted octanol–water partition coefficient (Wildman–Crippen LogP) is 4.33. The zero-order chi connectivity index (χ0) is 27.4. The molecule has 0 spiro atoms. The molecule has 2 saturated heterocycles. The fourth-order valence-electron chi connectivity index (χ4n) is 5.19. The van der Waals surface area contributed by atoms with E-state index in [1.807, 2.05) is 23.1 Å². The van der Waals surface area contributed by atoms with E-state index < -0.39 is 0 Å². The molecule has 2 aliphatic rings. The number of likely N-dealkylation sites (tertiary alicyclic amines) is 1. The van der Waals surface area contributed by atoms with Crippen molar-refractivity contribution in [2.75, 3.05) is 63.1 Å². The van der Waals surface area contributed by atoms with Crippen LogP contribution in [0.15, 0.2) is 66.7 Å². The van der Waals surface area contributed by atoms with Crippen LogP contribution in [-0.4, -0.2) is 79.6 Å². The van der Waals surface area contributed by atoms with Crippen molar-refractivity contribution in [3.05, 3.63) is 71.8 Å². The third-order valence-electron chi connectivity index (χ3n) is 7.49. The van der Waals surface area contributed by atoms with Crippen LogP contribution in [0.2, 0.25) is 5.02 Å². The number of aromatic hydroxyl groups is 1. The Labute approximate surface area is 233 Å². The SMILES string of the molecule is COc1cccc(-c2ccc(N3CCN(C(=O)CN4CC[C@@H](C(=O)Nc5ccc(O)c(Cl)c5)C4)CC3)cc2)c1. The van der Waals surface area contributed by atoms with E-state index in [4.69, 9.17) is 16.3 Å². The molecule has 2 aliphatic heterocycles. The van der Waals surface area contributed by atoms with Gasteiger partial charge in [-0.2, -0.15) is 0 Å². The van der Waals surface area contributed by atoms with E-state index in [0.717, 1.165) is 35.7 Å². The highest BCUT2D eigenvalue weighted by Gasteiger charge is 2.31. The highest BCUT2D eigenvalue weighted by Crippen LogP contribution is 2.28. The Balaban J connectivity index is 1.08. The third-order valence-corrected chi connectivity index (χ3v) is 7.79. The van der Waals surface area contributed by atoms with Gasteiger partial charge in [0.05, 0.1) is 24.6 Å². The van der Waals surface area contributed by atoms with Crippen molar-refractivity contribution in [1.29, 1.82) is 0 Å². The monoisotopic (exact) mass is 548 g/mol. The molecular formula is C30H33ClN4O4. The molecule has 2 fully saturated rings. The molecular weight excluding hydrogens is 516 g/mol. The number of phenols is 1. The van der Waals surface area contributed by atoms with Crippen LogP contribution in [0, 0.1) is 5.92 Å². The van der Waals surface area contributed by atoms with Gasteiger partial charge in [-0.1, -0.05) is 35.9 Å². The van der Waals surface area contributed by atoms with Crippen LogP contribution in [0.1, 0.15) is 6.42 Å². The van der Waals surface area contributed by atoms with Gasteiger partial charge in [0.2, 0.25) is 11.8 Å². The highest BCUT2D eigenvalue weighted by atomic mass is 35.5. The highest BCUT2D eigenvalue weighted by molar-refractivity contribution is 6.32. The van der Waals surface area contributed by atoms with Crippen molar-refractivity contribution >= 4 is 34.8 Å². The van der Waals surface area contributed by atoms with Gasteiger partial charge in [-0.15, -0.1) is 0 Å². The molecule has 2 amide bonds. The smallest absolute Gasteiger partial charge is 0.236 e. The summed E-state index contributed by atoms with van der Waals surface area (Å²) in [7, 11) is 1.67. The fraction of sp³-hybridized carbons (Fsp3) is 0.333. The predicted molar refractivity (Wildman–Crippen MR) is 154 cm³/mol. The van der Waals surface area contributed by atoms with Gasteiger partial charge in [0.15, 0.2) is 0 Å². The number of ether oxygens (including phenoxy) is 1. The number of anilines is 2. The molecule has 2 N–H and O–H groups in total. The van der Waals surface area contributed by atoms with Crippen molar-refractivity contribution < 1.29 is 19.4 Å².